The van der Waals surface area contributed by atoms with E-state index in [4.69, 9.17) is 21.1 Å². The van der Waals surface area contributed by atoms with E-state index in [1.54, 1.807) is 4.90 Å². The van der Waals surface area contributed by atoms with E-state index < -0.39 is 12.2 Å². The molecule has 0 aliphatic carbocycles. The second-order valence-corrected chi connectivity index (χ2v) is 10.2. The van der Waals surface area contributed by atoms with Crippen molar-refractivity contribution in [1.82, 2.24) is 9.80 Å². The van der Waals surface area contributed by atoms with Crippen molar-refractivity contribution in [2.24, 2.45) is 0 Å². The molecule has 0 bridgehead atoms. The van der Waals surface area contributed by atoms with Crippen molar-refractivity contribution < 1.29 is 29.6 Å². The molecule has 0 saturated carbocycles. The second kappa shape index (κ2) is 9.95. The molecule has 3 aliphatic rings. The van der Waals surface area contributed by atoms with Crippen molar-refractivity contribution in [2.75, 3.05) is 39.3 Å². The number of fused-ring (bicyclic) bond motifs is 2. The number of hydrogen-bond donors (Lipinski definition) is 3. The standard InChI is InChI=1S/C26H31ClN2O6/c27-18-1-4-23-17(11-18)15-35-26(23)6-9-28(10-7-26)13-21(32)16-34-24-12-19(30)2-3-22(24)25(33)29-8-5-20(31)14-29/h1-4,11-12,20-21,30-32H,5-10,13-16H2/t20-,21-/m0/s1. The Morgan fingerprint density at radius 1 is 1.20 bits per heavy atom. The molecule has 1 amide bonds. The van der Waals surface area contributed by atoms with Gasteiger partial charge in [0.1, 0.15) is 24.2 Å². The van der Waals surface area contributed by atoms with Gasteiger partial charge in [0.15, 0.2) is 0 Å². The highest BCUT2D eigenvalue weighted by Gasteiger charge is 2.42. The molecule has 0 radical (unpaired) electrons. The van der Waals surface area contributed by atoms with Gasteiger partial charge in [-0.05, 0) is 54.7 Å². The van der Waals surface area contributed by atoms with Crippen molar-refractivity contribution in [2.45, 2.75) is 43.7 Å². The summed E-state index contributed by atoms with van der Waals surface area (Å²) >= 11 is 6.13. The molecule has 35 heavy (non-hydrogen) atoms. The number of phenols is 1. The zero-order valence-electron chi connectivity index (χ0n) is 19.5. The summed E-state index contributed by atoms with van der Waals surface area (Å²) < 4.78 is 12.0. The van der Waals surface area contributed by atoms with Crippen molar-refractivity contribution in [1.29, 1.82) is 0 Å². The minimum absolute atomic E-state index is 0.00810. The third-order valence-electron chi connectivity index (χ3n) is 7.27. The van der Waals surface area contributed by atoms with Gasteiger partial charge in [-0.25, -0.2) is 0 Å². The molecule has 0 unspecified atom stereocenters. The van der Waals surface area contributed by atoms with Gasteiger partial charge in [0, 0.05) is 43.8 Å². The van der Waals surface area contributed by atoms with Crippen LogP contribution in [0.1, 0.15) is 40.7 Å². The smallest absolute Gasteiger partial charge is 0.257 e. The number of hydrogen-bond acceptors (Lipinski definition) is 7. The number of aliphatic hydroxyl groups excluding tert-OH is 2. The van der Waals surface area contributed by atoms with Crippen LogP contribution in [0, 0.1) is 0 Å². The molecule has 3 heterocycles. The summed E-state index contributed by atoms with van der Waals surface area (Å²) in [6, 6.07) is 10.3. The lowest BCUT2D eigenvalue weighted by Gasteiger charge is -2.39. The summed E-state index contributed by atoms with van der Waals surface area (Å²) in [6.07, 6.45) is 0.926. The number of aliphatic hydroxyl groups is 2. The number of benzene rings is 2. The minimum Gasteiger partial charge on any atom is -0.508 e. The molecule has 0 aromatic heterocycles. The van der Waals surface area contributed by atoms with Crippen LogP contribution in [-0.4, -0.2) is 82.6 Å². The second-order valence-electron chi connectivity index (χ2n) is 9.72. The number of carbonyl (C=O) groups is 1. The first-order valence-corrected chi connectivity index (χ1v) is 12.5. The summed E-state index contributed by atoms with van der Waals surface area (Å²) in [5, 5.41) is 31.0. The first-order valence-electron chi connectivity index (χ1n) is 12.1. The molecule has 2 aromatic carbocycles. The van der Waals surface area contributed by atoms with Gasteiger partial charge in [-0.1, -0.05) is 17.7 Å². The number of amides is 1. The third-order valence-corrected chi connectivity index (χ3v) is 7.51. The number of halogens is 1. The Morgan fingerprint density at radius 2 is 2.00 bits per heavy atom. The van der Waals surface area contributed by atoms with Crippen LogP contribution in [0.25, 0.3) is 0 Å². The number of carbonyl (C=O) groups excluding carboxylic acids is 1. The van der Waals surface area contributed by atoms with Gasteiger partial charge >= 0.3 is 0 Å². The number of rotatable bonds is 6. The zero-order valence-corrected chi connectivity index (χ0v) is 20.3. The monoisotopic (exact) mass is 502 g/mol. The van der Waals surface area contributed by atoms with Gasteiger partial charge in [-0.15, -0.1) is 0 Å². The summed E-state index contributed by atoms with van der Waals surface area (Å²) in [4.78, 5) is 16.6. The van der Waals surface area contributed by atoms with Crippen LogP contribution in [0.3, 0.4) is 0 Å². The molecule has 3 N–H and O–H groups in total. The number of β-amino-alcohol motifs (C(OH)–C–C–N with tert-alkyl or cyclic N) is 2. The number of aromatic hydroxyl groups is 1. The van der Waals surface area contributed by atoms with Crippen molar-refractivity contribution in [3.8, 4) is 11.5 Å². The lowest BCUT2D eigenvalue weighted by Crippen LogP contribution is -2.46. The lowest BCUT2D eigenvalue weighted by molar-refractivity contribution is -0.0835. The number of piperidine rings is 1. The van der Waals surface area contributed by atoms with Gasteiger partial charge < -0.3 is 34.6 Å². The van der Waals surface area contributed by atoms with Gasteiger partial charge in [-0.2, -0.15) is 0 Å². The molecule has 188 valence electrons. The molecule has 3 aliphatic heterocycles. The van der Waals surface area contributed by atoms with E-state index in [0.717, 1.165) is 36.5 Å². The van der Waals surface area contributed by atoms with Gasteiger partial charge in [0.2, 0.25) is 0 Å². The summed E-state index contributed by atoms with van der Waals surface area (Å²) in [5.41, 5.74) is 2.40. The van der Waals surface area contributed by atoms with Gasteiger partial charge in [0.25, 0.3) is 5.91 Å². The van der Waals surface area contributed by atoms with E-state index in [9.17, 15) is 20.1 Å². The maximum Gasteiger partial charge on any atom is 0.257 e. The van der Waals surface area contributed by atoms with E-state index in [1.165, 1.54) is 23.8 Å². The maximum atomic E-state index is 12.9. The highest BCUT2D eigenvalue weighted by molar-refractivity contribution is 6.30. The fraction of sp³-hybridized carbons (Fsp3) is 0.500. The Kier molecular flexibility index (Phi) is 6.92. The fourth-order valence-corrected chi connectivity index (χ4v) is 5.57. The van der Waals surface area contributed by atoms with E-state index >= 15 is 0 Å². The average Bonchev–Trinajstić information content (AvgIpc) is 3.43. The molecule has 9 heteroatoms. The maximum absolute atomic E-state index is 12.9. The van der Waals surface area contributed by atoms with Crippen molar-refractivity contribution in [3.05, 3.63) is 58.1 Å². The topological polar surface area (TPSA) is 103 Å². The number of ether oxygens (including phenoxy) is 2. The van der Waals surface area contributed by atoms with Crippen LogP contribution in [0.5, 0.6) is 11.5 Å². The predicted molar refractivity (Wildman–Crippen MR) is 130 cm³/mol. The highest BCUT2D eigenvalue weighted by atomic mass is 35.5. The lowest BCUT2D eigenvalue weighted by atomic mass is 9.84. The summed E-state index contributed by atoms with van der Waals surface area (Å²) in [7, 11) is 0. The Hall–Kier alpha value is -2.36. The zero-order chi connectivity index (χ0) is 24.6. The fourth-order valence-electron chi connectivity index (χ4n) is 5.37. The minimum atomic E-state index is -0.765. The SMILES string of the molecule is O=C(c1ccc(O)cc1OC[C@@H](O)CN1CCC2(CC1)OCc1cc(Cl)ccc12)N1CC[C@H](O)C1. The normalized spacial score (nSPS) is 22.4. The van der Waals surface area contributed by atoms with Crippen LogP contribution < -0.4 is 4.74 Å². The third kappa shape index (κ3) is 5.13. The van der Waals surface area contributed by atoms with Crippen LogP contribution in [-0.2, 0) is 16.9 Å². The van der Waals surface area contributed by atoms with Gasteiger partial charge in [-0.3, -0.25) is 4.79 Å². The largest absolute Gasteiger partial charge is 0.508 e. The van der Waals surface area contributed by atoms with Crippen LogP contribution in [0.4, 0.5) is 0 Å². The summed E-state index contributed by atoms with van der Waals surface area (Å²) in [5.74, 6) is -0.0554. The Morgan fingerprint density at radius 3 is 2.74 bits per heavy atom. The number of likely N-dealkylation sites (tertiary alicyclic amines) is 2. The number of nitrogens with zero attached hydrogens (tertiary/aromatic N) is 2. The van der Waals surface area contributed by atoms with Crippen LogP contribution >= 0.6 is 11.6 Å². The van der Waals surface area contributed by atoms with E-state index in [-0.39, 0.29) is 36.2 Å². The van der Waals surface area contributed by atoms with E-state index in [1.807, 2.05) is 12.1 Å². The molecular weight excluding hydrogens is 472 g/mol. The average molecular weight is 503 g/mol. The van der Waals surface area contributed by atoms with Crippen molar-refractivity contribution >= 4 is 17.5 Å². The molecule has 8 nitrogen and oxygen atoms in total. The first kappa shape index (κ1) is 24.3. The van der Waals surface area contributed by atoms with Crippen molar-refractivity contribution in [3.63, 3.8) is 0 Å². The molecule has 5 rings (SSSR count). The number of phenolic OH excluding ortho intramolecular Hbond substituents is 1. The van der Waals surface area contributed by atoms with E-state index in [0.29, 0.717) is 31.7 Å². The molecule has 2 saturated heterocycles. The summed E-state index contributed by atoms with van der Waals surface area (Å²) in [6.45, 7) is 3.32. The first-order chi connectivity index (χ1) is 16.8. The Labute approximate surface area is 209 Å². The van der Waals surface area contributed by atoms with Crippen LogP contribution in [0.15, 0.2) is 36.4 Å². The molecule has 2 fully saturated rings. The Bertz CT molecular complexity index is 1090. The highest BCUT2D eigenvalue weighted by Crippen LogP contribution is 2.44. The molecule has 2 aromatic rings. The Balaban J connectivity index is 1.16. The molecule has 1 spiro atoms. The van der Waals surface area contributed by atoms with Crippen LogP contribution in [0.2, 0.25) is 5.02 Å². The molecule has 2 atom stereocenters. The van der Waals surface area contributed by atoms with E-state index in [2.05, 4.69) is 11.0 Å². The van der Waals surface area contributed by atoms with Gasteiger partial charge in [0.05, 0.1) is 23.9 Å². The molecular formula is C26H31ClN2O6. The predicted octanol–water partition coefficient (Wildman–Crippen LogP) is 2.51. The quantitative estimate of drug-likeness (QED) is 0.557.